The molecule has 0 heterocycles. The normalized spacial score (nSPS) is 11.9. The van der Waals surface area contributed by atoms with Gasteiger partial charge >= 0.3 is 0 Å². The van der Waals surface area contributed by atoms with Gasteiger partial charge in [-0.2, -0.15) is 0 Å². The molecule has 0 aliphatic rings. The van der Waals surface area contributed by atoms with Crippen molar-refractivity contribution in [3.8, 4) is 0 Å². The average molecular weight is 286 g/mol. The van der Waals surface area contributed by atoms with Crippen molar-refractivity contribution in [2.75, 3.05) is 0 Å². The molecule has 2 nitrogen and oxygen atoms in total. The number of benzene rings is 1. The highest BCUT2D eigenvalue weighted by Crippen LogP contribution is 2.18. The fraction of sp³-hybridized carbons (Fsp3) is 0.250. The van der Waals surface area contributed by atoms with Gasteiger partial charge in [-0.3, -0.25) is 4.79 Å². The molecule has 4 heteroatoms. The van der Waals surface area contributed by atoms with Crippen molar-refractivity contribution in [3.05, 3.63) is 46.7 Å². The van der Waals surface area contributed by atoms with Crippen LogP contribution in [0, 0.1) is 5.82 Å². The van der Waals surface area contributed by atoms with Crippen molar-refractivity contribution < 1.29 is 9.18 Å². The summed E-state index contributed by atoms with van der Waals surface area (Å²) in [5, 5.41) is 2.79. The van der Waals surface area contributed by atoms with E-state index in [0.717, 1.165) is 0 Å². The molecule has 1 rings (SSSR count). The van der Waals surface area contributed by atoms with Gasteiger partial charge in [0.1, 0.15) is 5.82 Å². The molecule has 0 spiro atoms. The standard InChI is InChI=1S/C12H13BrFNO/c1-3-4-8(2)15-12(16)10-6-5-9(14)7-11(10)13/h3,5-8H,1,4H2,2H3,(H,15,16). The Balaban J connectivity index is 2.76. The maximum Gasteiger partial charge on any atom is 0.252 e. The molecule has 0 radical (unpaired) electrons. The van der Waals surface area contributed by atoms with Crippen LogP contribution in [-0.2, 0) is 0 Å². The molecule has 1 unspecified atom stereocenters. The number of hydrogen-bond acceptors (Lipinski definition) is 1. The molecule has 1 aromatic rings. The Bertz CT molecular complexity index is 406. The second kappa shape index (κ2) is 5.80. The zero-order chi connectivity index (χ0) is 12.1. The van der Waals surface area contributed by atoms with Crippen LogP contribution in [0.1, 0.15) is 23.7 Å². The molecule has 16 heavy (non-hydrogen) atoms. The minimum atomic E-state index is -0.373. The Morgan fingerprint density at radius 2 is 2.38 bits per heavy atom. The summed E-state index contributed by atoms with van der Waals surface area (Å²) in [5.74, 6) is -0.594. The molecule has 1 atom stereocenters. The van der Waals surface area contributed by atoms with Gasteiger partial charge in [-0.1, -0.05) is 6.08 Å². The molecule has 0 aromatic heterocycles. The minimum Gasteiger partial charge on any atom is -0.349 e. The van der Waals surface area contributed by atoms with E-state index in [0.29, 0.717) is 16.5 Å². The third-order valence-corrected chi connectivity index (χ3v) is 2.73. The topological polar surface area (TPSA) is 29.1 Å². The van der Waals surface area contributed by atoms with E-state index < -0.39 is 0 Å². The van der Waals surface area contributed by atoms with Gasteiger partial charge in [0.05, 0.1) is 5.56 Å². The molecule has 0 fully saturated rings. The van der Waals surface area contributed by atoms with Gasteiger partial charge in [0.25, 0.3) is 5.91 Å². The number of carbonyl (C=O) groups is 1. The van der Waals surface area contributed by atoms with Gasteiger partial charge in [-0.15, -0.1) is 6.58 Å². The summed E-state index contributed by atoms with van der Waals surface area (Å²) in [4.78, 5) is 11.8. The molecule has 1 aromatic carbocycles. The molecule has 0 aliphatic heterocycles. The number of halogens is 2. The van der Waals surface area contributed by atoms with Crippen molar-refractivity contribution >= 4 is 21.8 Å². The van der Waals surface area contributed by atoms with E-state index in [1.807, 2.05) is 6.92 Å². The van der Waals surface area contributed by atoms with E-state index in [1.165, 1.54) is 18.2 Å². The molecule has 1 amide bonds. The molecule has 0 bridgehead atoms. The SMILES string of the molecule is C=CCC(C)NC(=O)c1ccc(F)cc1Br. The summed E-state index contributed by atoms with van der Waals surface area (Å²) in [5.41, 5.74) is 0.428. The number of carbonyl (C=O) groups excluding carboxylic acids is 1. The largest absolute Gasteiger partial charge is 0.349 e. The quantitative estimate of drug-likeness (QED) is 0.845. The van der Waals surface area contributed by atoms with Crippen molar-refractivity contribution in [2.24, 2.45) is 0 Å². The Morgan fingerprint density at radius 3 is 2.94 bits per heavy atom. The van der Waals surface area contributed by atoms with Gasteiger partial charge in [-0.05, 0) is 47.5 Å². The number of nitrogens with one attached hydrogen (secondary N) is 1. The van der Waals surface area contributed by atoms with Gasteiger partial charge < -0.3 is 5.32 Å². The lowest BCUT2D eigenvalue weighted by Gasteiger charge is -2.12. The Labute approximate surface area is 103 Å². The lowest BCUT2D eigenvalue weighted by molar-refractivity contribution is 0.0939. The second-order valence-corrected chi connectivity index (χ2v) is 4.38. The third-order valence-electron chi connectivity index (χ3n) is 2.07. The number of hydrogen-bond donors (Lipinski definition) is 1. The first kappa shape index (κ1) is 12.9. The first-order valence-electron chi connectivity index (χ1n) is 4.91. The maximum atomic E-state index is 12.8. The first-order chi connectivity index (χ1) is 7.54. The molecule has 0 saturated carbocycles. The van der Waals surface area contributed by atoms with Crippen LogP contribution in [0.5, 0.6) is 0 Å². The van der Waals surface area contributed by atoms with Crippen LogP contribution in [0.4, 0.5) is 4.39 Å². The van der Waals surface area contributed by atoms with Crippen molar-refractivity contribution in [1.29, 1.82) is 0 Å². The summed E-state index contributed by atoms with van der Waals surface area (Å²) >= 11 is 3.16. The lowest BCUT2D eigenvalue weighted by Crippen LogP contribution is -2.32. The van der Waals surface area contributed by atoms with E-state index in [1.54, 1.807) is 6.08 Å². The van der Waals surface area contributed by atoms with Crippen LogP contribution in [-0.4, -0.2) is 11.9 Å². The van der Waals surface area contributed by atoms with Crippen LogP contribution in [0.15, 0.2) is 35.3 Å². The maximum absolute atomic E-state index is 12.8. The first-order valence-corrected chi connectivity index (χ1v) is 5.70. The van der Waals surface area contributed by atoms with E-state index in [9.17, 15) is 9.18 Å². The fourth-order valence-corrected chi connectivity index (χ4v) is 1.82. The second-order valence-electron chi connectivity index (χ2n) is 3.52. The van der Waals surface area contributed by atoms with Crippen LogP contribution >= 0.6 is 15.9 Å². The van der Waals surface area contributed by atoms with Gasteiger partial charge in [-0.25, -0.2) is 4.39 Å². The van der Waals surface area contributed by atoms with Crippen LogP contribution < -0.4 is 5.32 Å². The van der Waals surface area contributed by atoms with Crippen LogP contribution in [0.3, 0.4) is 0 Å². The summed E-state index contributed by atoms with van der Waals surface area (Å²) in [6, 6.07) is 4.00. The zero-order valence-electron chi connectivity index (χ0n) is 8.97. The molecule has 1 N–H and O–H groups in total. The highest BCUT2D eigenvalue weighted by molar-refractivity contribution is 9.10. The van der Waals surface area contributed by atoms with E-state index in [4.69, 9.17) is 0 Å². The highest BCUT2D eigenvalue weighted by Gasteiger charge is 2.12. The van der Waals surface area contributed by atoms with E-state index >= 15 is 0 Å². The third kappa shape index (κ3) is 3.45. The highest BCUT2D eigenvalue weighted by atomic mass is 79.9. The van der Waals surface area contributed by atoms with Gasteiger partial charge in [0, 0.05) is 10.5 Å². The fourth-order valence-electron chi connectivity index (χ4n) is 1.28. The molecule has 0 saturated heterocycles. The monoisotopic (exact) mass is 285 g/mol. The van der Waals surface area contributed by atoms with Crippen molar-refractivity contribution in [1.82, 2.24) is 5.32 Å². The molecular weight excluding hydrogens is 273 g/mol. The average Bonchev–Trinajstić information content (AvgIpc) is 2.17. The molecule has 0 aliphatic carbocycles. The smallest absolute Gasteiger partial charge is 0.252 e. The van der Waals surface area contributed by atoms with Crippen LogP contribution in [0.2, 0.25) is 0 Å². The zero-order valence-corrected chi connectivity index (χ0v) is 10.6. The predicted octanol–water partition coefficient (Wildman–Crippen LogP) is 3.28. The van der Waals surface area contributed by atoms with Gasteiger partial charge in [0.2, 0.25) is 0 Å². The van der Waals surface area contributed by atoms with Crippen LogP contribution in [0.25, 0.3) is 0 Å². The Morgan fingerprint density at radius 1 is 1.69 bits per heavy atom. The van der Waals surface area contributed by atoms with Crippen molar-refractivity contribution in [2.45, 2.75) is 19.4 Å². The summed E-state index contributed by atoms with van der Waals surface area (Å²) in [7, 11) is 0. The number of amides is 1. The van der Waals surface area contributed by atoms with E-state index in [-0.39, 0.29) is 17.8 Å². The summed E-state index contributed by atoms with van der Waals surface area (Å²) in [6.45, 7) is 5.49. The minimum absolute atomic E-state index is 0.0157. The van der Waals surface area contributed by atoms with Crippen molar-refractivity contribution in [3.63, 3.8) is 0 Å². The lowest BCUT2D eigenvalue weighted by atomic mass is 10.1. The Kier molecular flexibility index (Phi) is 4.68. The summed E-state index contributed by atoms with van der Waals surface area (Å²) < 4.78 is 13.3. The summed E-state index contributed by atoms with van der Waals surface area (Å²) in [6.07, 6.45) is 2.44. The van der Waals surface area contributed by atoms with E-state index in [2.05, 4.69) is 27.8 Å². The Hall–Kier alpha value is -1.16. The number of rotatable bonds is 4. The predicted molar refractivity (Wildman–Crippen MR) is 65.8 cm³/mol. The molecule has 86 valence electrons. The van der Waals surface area contributed by atoms with Gasteiger partial charge in [0.15, 0.2) is 0 Å². The molecular formula is C12H13BrFNO.